The number of nitrogens with zero attached hydrogens (tertiary/aromatic N) is 1. The summed E-state index contributed by atoms with van der Waals surface area (Å²) in [5.41, 5.74) is 2.37. The van der Waals surface area contributed by atoms with Crippen LogP contribution < -0.4 is 5.32 Å². The normalized spacial score (nSPS) is 42.0. The van der Waals surface area contributed by atoms with E-state index in [1.165, 1.54) is 56.9 Å². The highest BCUT2D eigenvalue weighted by Gasteiger charge is 2.68. The zero-order valence-corrected chi connectivity index (χ0v) is 29.6. The molecule has 1 aromatic carbocycles. The molecule has 0 heterocycles. The van der Waals surface area contributed by atoms with Crippen LogP contribution in [-0.4, -0.2) is 49.1 Å². The number of amides is 1. The molecule has 1 aromatic rings. The number of likely N-dealkylation sites (N-methyl/N-ethyl adjacent to an activating group) is 1. The number of hydrogen-bond donors (Lipinski definition) is 2. The van der Waals surface area contributed by atoms with Crippen LogP contribution in [0.3, 0.4) is 0 Å². The van der Waals surface area contributed by atoms with Gasteiger partial charge in [0.05, 0.1) is 11.0 Å². The Balaban J connectivity index is 1.26. The molecule has 6 rings (SSSR count). The van der Waals surface area contributed by atoms with Gasteiger partial charge in [0, 0.05) is 13.1 Å². The van der Waals surface area contributed by atoms with Crippen molar-refractivity contribution in [2.24, 2.45) is 63.1 Å². The van der Waals surface area contributed by atoms with Gasteiger partial charge in [-0.3, -0.25) is 4.79 Å². The molecule has 5 nitrogen and oxygen atoms in total. The minimum absolute atomic E-state index is 0.163. The molecular weight excluding hydrogens is 556 g/mol. The molecule has 5 saturated carbocycles. The highest BCUT2D eigenvalue weighted by Crippen LogP contribution is 2.74. The molecule has 1 amide bonds. The topological polar surface area (TPSA) is 69.6 Å². The molecule has 0 spiro atoms. The van der Waals surface area contributed by atoms with Crippen LogP contribution in [0.2, 0.25) is 0 Å². The van der Waals surface area contributed by atoms with Crippen LogP contribution in [0.15, 0.2) is 24.3 Å². The summed E-state index contributed by atoms with van der Waals surface area (Å²) < 4.78 is 0. The molecule has 5 fully saturated rings. The third-order valence-corrected chi connectivity index (χ3v) is 15.4. The maximum absolute atomic E-state index is 14.1. The van der Waals surface area contributed by atoms with Gasteiger partial charge in [0.2, 0.25) is 5.91 Å². The van der Waals surface area contributed by atoms with Crippen LogP contribution in [-0.2, 0) is 4.79 Å². The lowest BCUT2D eigenvalue weighted by Gasteiger charge is -2.69. The molecule has 2 N–H and O–H groups in total. The molecule has 0 bridgehead atoms. The lowest BCUT2D eigenvalue weighted by Crippen LogP contribution is -2.63. The second-order valence-electron chi connectivity index (χ2n) is 18.1. The molecule has 5 aliphatic rings. The summed E-state index contributed by atoms with van der Waals surface area (Å²) in [5.74, 6) is 4.60. The van der Waals surface area contributed by atoms with Gasteiger partial charge in [0.15, 0.2) is 0 Å². The molecule has 5 heteroatoms. The molecular formula is C40H62N2O3. The van der Waals surface area contributed by atoms with Gasteiger partial charge in [0.25, 0.3) is 0 Å². The van der Waals surface area contributed by atoms with E-state index in [0.717, 1.165) is 37.8 Å². The van der Waals surface area contributed by atoms with Gasteiger partial charge in [-0.1, -0.05) is 53.7 Å². The number of rotatable bonds is 7. The summed E-state index contributed by atoms with van der Waals surface area (Å²) in [7, 11) is 4.17. The zero-order valence-electron chi connectivity index (χ0n) is 29.6. The molecule has 0 aliphatic heterocycles. The zero-order chi connectivity index (χ0) is 32.5. The Morgan fingerprint density at radius 3 is 2.18 bits per heavy atom. The van der Waals surface area contributed by atoms with Crippen LogP contribution in [0.25, 0.3) is 0 Å². The van der Waals surface area contributed by atoms with E-state index < -0.39 is 5.97 Å². The number of nitrogens with one attached hydrogen (secondary N) is 1. The quantitative estimate of drug-likeness (QED) is 0.322. The minimum Gasteiger partial charge on any atom is -0.478 e. The minimum atomic E-state index is -0.846. The molecule has 250 valence electrons. The number of hydrogen-bond acceptors (Lipinski definition) is 3. The predicted octanol–water partition coefficient (Wildman–Crippen LogP) is 8.49. The summed E-state index contributed by atoms with van der Waals surface area (Å²) >= 11 is 0. The highest BCUT2D eigenvalue weighted by molar-refractivity contribution is 5.87. The van der Waals surface area contributed by atoms with E-state index >= 15 is 0 Å². The van der Waals surface area contributed by atoms with Gasteiger partial charge in [-0.25, -0.2) is 4.79 Å². The lowest BCUT2D eigenvalue weighted by molar-refractivity contribution is -0.203. The maximum atomic E-state index is 14.1. The van der Waals surface area contributed by atoms with Gasteiger partial charge in [-0.2, -0.15) is 0 Å². The van der Waals surface area contributed by atoms with Crippen LogP contribution in [0.1, 0.15) is 128 Å². The Hall–Kier alpha value is -1.88. The van der Waals surface area contributed by atoms with E-state index in [2.05, 4.69) is 78.0 Å². The van der Waals surface area contributed by atoms with Crippen molar-refractivity contribution < 1.29 is 14.7 Å². The number of carboxylic acids is 1. The van der Waals surface area contributed by atoms with Gasteiger partial charge in [-0.05, 0) is 160 Å². The van der Waals surface area contributed by atoms with Crippen molar-refractivity contribution in [2.45, 2.75) is 112 Å². The molecule has 45 heavy (non-hydrogen) atoms. The Bertz CT molecular complexity index is 1270. The number of carboxylic acid groups (broad SMARTS) is 1. The van der Waals surface area contributed by atoms with Crippen molar-refractivity contribution in [3.05, 3.63) is 35.4 Å². The summed E-state index contributed by atoms with van der Waals surface area (Å²) in [6.45, 7) is 16.9. The standard InChI is InChI=1S/C40H62N2O3/c1-25(2)28-15-21-40(36(45)41-23-24-42(7)8)22-17-31-29(34(28)40)13-14-33-38(31,5)20-18-32-37(3,4)30(16-19-39(32,33)6)26-9-11-27(12-10-26)35(43)44/h9-12,25,28-34H,13-24H2,1-8H3,(H,41,45)(H,43,44)/t28?,29-,30-,31?,32?,33?,34?,38-,39-,40-/m0/s1. The molecule has 0 saturated heterocycles. The van der Waals surface area contributed by atoms with E-state index in [1.54, 1.807) is 12.1 Å². The van der Waals surface area contributed by atoms with E-state index in [-0.39, 0.29) is 10.8 Å². The van der Waals surface area contributed by atoms with Crippen LogP contribution in [0, 0.1) is 63.1 Å². The smallest absolute Gasteiger partial charge is 0.335 e. The second kappa shape index (κ2) is 11.7. The summed E-state index contributed by atoms with van der Waals surface area (Å²) in [6.07, 6.45) is 12.3. The van der Waals surface area contributed by atoms with Gasteiger partial charge in [0.1, 0.15) is 0 Å². The second-order valence-corrected chi connectivity index (χ2v) is 18.1. The highest BCUT2D eigenvalue weighted by atomic mass is 16.4. The van der Waals surface area contributed by atoms with Crippen molar-refractivity contribution in [1.82, 2.24) is 10.2 Å². The van der Waals surface area contributed by atoms with Gasteiger partial charge >= 0.3 is 5.97 Å². The van der Waals surface area contributed by atoms with Gasteiger partial charge < -0.3 is 15.3 Å². The third kappa shape index (κ3) is 5.12. The lowest BCUT2D eigenvalue weighted by atomic mass is 9.35. The van der Waals surface area contributed by atoms with Crippen LogP contribution >= 0.6 is 0 Å². The fraction of sp³-hybridized carbons (Fsp3) is 0.800. The number of fused-ring (bicyclic) bond motifs is 7. The van der Waals surface area contributed by atoms with Crippen molar-refractivity contribution >= 4 is 11.9 Å². The average Bonchev–Trinajstić information content (AvgIpc) is 3.38. The average molecular weight is 619 g/mol. The molecule has 0 aromatic heterocycles. The molecule has 5 unspecified atom stereocenters. The first kappa shape index (κ1) is 33.0. The SMILES string of the molecule is CC(C)C1CC[C@]2(C(=O)NCCN(C)C)CCC3[C@H](CCC4[C@@]3(C)CCC3C(C)(C)[C@H](c5ccc(C(=O)O)cc5)CC[C@@]34C)C12. The van der Waals surface area contributed by atoms with Crippen molar-refractivity contribution in [3.8, 4) is 0 Å². The first-order valence-corrected chi connectivity index (χ1v) is 18.4. The van der Waals surface area contributed by atoms with Gasteiger partial charge in [-0.15, -0.1) is 0 Å². The van der Waals surface area contributed by atoms with E-state index in [9.17, 15) is 14.7 Å². The van der Waals surface area contributed by atoms with E-state index in [1.807, 2.05) is 0 Å². The first-order chi connectivity index (χ1) is 21.2. The van der Waals surface area contributed by atoms with Crippen molar-refractivity contribution in [3.63, 3.8) is 0 Å². The number of carbonyl (C=O) groups is 2. The van der Waals surface area contributed by atoms with Crippen LogP contribution in [0.4, 0.5) is 0 Å². The molecule has 0 radical (unpaired) electrons. The predicted molar refractivity (Wildman–Crippen MR) is 182 cm³/mol. The third-order valence-electron chi connectivity index (χ3n) is 15.4. The summed E-state index contributed by atoms with van der Waals surface area (Å²) in [5, 5.41) is 12.9. The monoisotopic (exact) mass is 618 g/mol. The Morgan fingerprint density at radius 2 is 1.53 bits per heavy atom. The number of aromatic carboxylic acids is 1. The Kier molecular flexibility index (Phi) is 8.57. The maximum Gasteiger partial charge on any atom is 0.335 e. The van der Waals surface area contributed by atoms with Crippen molar-refractivity contribution in [2.75, 3.05) is 27.2 Å². The van der Waals surface area contributed by atoms with Crippen LogP contribution in [0.5, 0.6) is 0 Å². The van der Waals surface area contributed by atoms with E-state index in [0.29, 0.717) is 57.8 Å². The summed E-state index contributed by atoms with van der Waals surface area (Å²) in [6, 6.07) is 7.79. The number of benzene rings is 1. The Morgan fingerprint density at radius 1 is 0.867 bits per heavy atom. The fourth-order valence-corrected chi connectivity index (χ4v) is 13.5. The first-order valence-electron chi connectivity index (χ1n) is 18.4. The fourth-order valence-electron chi connectivity index (χ4n) is 13.5. The van der Waals surface area contributed by atoms with E-state index in [4.69, 9.17) is 0 Å². The summed E-state index contributed by atoms with van der Waals surface area (Å²) in [4.78, 5) is 27.8. The van der Waals surface area contributed by atoms with Crippen molar-refractivity contribution in [1.29, 1.82) is 0 Å². The Labute approximate surface area is 273 Å². The molecule has 10 atom stereocenters. The largest absolute Gasteiger partial charge is 0.478 e. The molecule has 5 aliphatic carbocycles. The number of carbonyl (C=O) groups excluding carboxylic acids is 1.